The van der Waals surface area contributed by atoms with Crippen molar-refractivity contribution in [1.82, 2.24) is 0 Å². The number of methoxy groups -OCH3 is 1. The first-order valence-corrected chi connectivity index (χ1v) is 9.29. The number of benzene rings is 2. The first-order valence-electron chi connectivity index (χ1n) is 8.91. The molecule has 2 aromatic carbocycles. The Bertz CT molecular complexity index is 912. The van der Waals surface area contributed by atoms with Crippen LogP contribution >= 0.6 is 11.6 Å². The lowest BCUT2D eigenvalue weighted by Crippen LogP contribution is -2.33. The Morgan fingerprint density at radius 3 is 2.61 bits per heavy atom. The van der Waals surface area contributed by atoms with Crippen LogP contribution in [0.15, 0.2) is 36.4 Å². The number of fused-ring (bicyclic) bond motifs is 1. The molecule has 0 spiro atoms. The SMILES string of the molecule is COc1cccc([C@H]2O[C@H](OC(C)=O)C(=O)Nc3ccc(Cl)cc32)c1C(C)C. The van der Waals surface area contributed by atoms with Crippen LogP contribution in [-0.4, -0.2) is 25.3 Å². The van der Waals surface area contributed by atoms with Crippen molar-refractivity contribution in [2.24, 2.45) is 0 Å². The Labute approximate surface area is 168 Å². The maximum atomic E-state index is 12.5. The number of hydrogen-bond donors (Lipinski definition) is 1. The van der Waals surface area contributed by atoms with Crippen molar-refractivity contribution in [3.05, 3.63) is 58.1 Å². The summed E-state index contributed by atoms with van der Waals surface area (Å²) in [6.45, 7) is 5.32. The molecule has 1 amide bonds. The number of halogens is 1. The van der Waals surface area contributed by atoms with Gasteiger partial charge in [0.2, 0.25) is 0 Å². The maximum absolute atomic E-state index is 12.5. The maximum Gasteiger partial charge on any atom is 0.305 e. The fraction of sp³-hybridized carbons (Fsp3) is 0.333. The van der Waals surface area contributed by atoms with Gasteiger partial charge in [0.15, 0.2) is 0 Å². The summed E-state index contributed by atoms with van der Waals surface area (Å²) < 4.78 is 16.7. The molecule has 28 heavy (non-hydrogen) atoms. The van der Waals surface area contributed by atoms with E-state index in [1.807, 2.05) is 32.0 Å². The van der Waals surface area contributed by atoms with Crippen LogP contribution in [-0.2, 0) is 19.1 Å². The lowest BCUT2D eigenvalue weighted by Gasteiger charge is -2.26. The van der Waals surface area contributed by atoms with Gasteiger partial charge in [-0.1, -0.05) is 37.6 Å². The number of carbonyl (C=O) groups excluding carboxylic acids is 2. The number of hydrogen-bond acceptors (Lipinski definition) is 5. The molecule has 0 saturated heterocycles. The molecule has 0 unspecified atom stereocenters. The van der Waals surface area contributed by atoms with Crippen molar-refractivity contribution < 1.29 is 23.8 Å². The van der Waals surface area contributed by atoms with E-state index < -0.39 is 24.3 Å². The van der Waals surface area contributed by atoms with Gasteiger partial charge in [-0.05, 0) is 35.7 Å². The van der Waals surface area contributed by atoms with Gasteiger partial charge in [0, 0.05) is 28.8 Å². The molecule has 2 aromatic rings. The van der Waals surface area contributed by atoms with Crippen molar-refractivity contribution >= 4 is 29.2 Å². The summed E-state index contributed by atoms with van der Waals surface area (Å²) in [6, 6.07) is 10.8. The van der Waals surface area contributed by atoms with E-state index in [1.165, 1.54) is 6.92 Å². The molecule has 148 valence electrons. The highest BCUT2D eigenvalue weighted by molar-refractivity contribution is 6.30. The second-order valence-electron chi connectivity index (χ2n) is 6.80. The highest BCUT2D eigenvalue weighted by Crippen LogP contribution is 2.42. The zero-order valence-corrected chi connectivity index (χ0v) is 16.9. The average molecular weight is 404 g/mol. The van der Waals surface area contributed by atoms with Crippen molar-refractivity contribution in [3.8, 4) is 5.75 Å². The molecule has 3 rings (SSSR count). The number of rotatable bonds is 4. The van der Waals surface area contributed by atoms with Gasteiger partial charge >= 0.3 is 5.97 Å². The summed E-state index contributed by atoms with van der Waals surface area (Å²) in [7, 11) is 1.61. The van der Waals surface area contributed by atoms with Crippen LogP contribution in [0.4, 0.5) is 5.69 Å². The van der Waals surface area contributed by atoms with Gasteiger partial charge in [0.25, 0.3) is 12.2 Å². The third-order valence-corrected chi connectivity index (χ3v) is 4.72. The van der Waals surface area contributed by atoms with Crippen LogP contribution in [0.25, 0.3) is 0 Å². The Morgan fingerprint density at radius 1 is 1.21 bits per heavy atom. The van der Waals surface area contributed by atoms with Gasteiger partial charge in [-0.15, -0.1) is 0 Å². The molecule has 0 radical (unpaired) electrons. The van der Waals surface area contributed by atoms with Crippen LogP contribution in [0.3, 0.4) is 0 Å². The van der Waals surface area contributed by atoms with E-state index in [4.69, 9.17) is 25.8 Å². The predicted molar refractivity (Wildman–Crippen MR) is 106 cm³/mol. The summed E-state index contributed by atoms with van der Waals surface area (Å²) in [5.41, 5.74) is 2.97. The number of carbonyl (C=O) groups is 2. The van der Waals surface area contributed by atoms with E-state index in [9.17, 15) is 9.59 Å². The zero-order chi connectivity index (χ0) is 20.4. The molecule has 1 aliphatic rings. The van der Waals surface area contributed by atoms with Crippen LogP contribution in [0, 0.1) is 0 Å². The summed E-state index contributed by atoms with van der Waals surface area (Å²) >= 11 is 6.22. The Kier molecular flexibility index (Phi) is 5.91. The number of amides is 1. The Balaban J connectivity index is 2.21. The molecule has 1 N–H and O–H groups in total. The number of anilines is 1. The first kappa shape index (κ1) is 20.2. The van der Waals surface area contributed by atoms with Crippen LogP contribution in [0.1, 0.15) is 49.5 Å². The third-order valence-electron chi connectivity index (χ3n) is 4.48. The minimum atomic E-state index is -1.39. The van der Waals surface area contributed by atoms with Gasteiger partial charge in [0.05, 0.1) is 7.11 Å². The molecule has 0 aliphatic carbocycles. The fourth-order valence-electron chi connectivity index (χ4n) is 3.37. The number of esters is 1. The second-order valence-corrected chi connectivity index (χ2v) is 7.23. The van der Waals surface area contributed by atoms with Crippen LogP contribution in [0.2, 0.25) is 5.02 Å². The predicted octanol–water partition coefficient (Wildman–Crippen LogP) is 4.42. The molecule has 2 atom stereocenters. The number of nitrogens with one attached hydrogen (secondary N) is 1. The van der Waals surface area contributed by atoms with E-state index in [0.717, 1.165) is 11.1 Å². The van der Waals surface area contributed by atoms with Crippen molar-refractivity contribution in [1.29, 1.82) is 0 Å². The van der Waals surface area contributed by atoms with Gasteiger partial charge in [0.1, 0.15) is 11.9 Å². The monoisotopic (exact) mass is 403 g/mol. The van der Waals surface area contributed by atoms with E-state index in [0.29, 0.717) is 22.0 Å². The minimum Gasteiger partial charge on any atom is -0.496 e. The van der Waals surface area contributed by atoms with Crippen LogP contribution in [0.5, 0.6) is 5.75 Å². The summed E-state index contributed by atoms with van der Waals surface area (Å²) in [4.78, 5) is 24.0. The normalized spacial score (nSPS) is 18.9. The highest BCUT2D eigenvalue weighted by atomic mass is 35.5. The van der Waals surface area contributed by atoms with Gasteiger partial charge in [-0.25, -0.2) is 0 Å². The van der Waals surface area contributed by atoms with E-state index in [2.05, 4.69) is 5.32 Å². The lowest BCUT2D eigenvalue weighted by molar-refractivity contribution is -0.187. The summed E-state index contributed by atoms with van der Waals surface area (Å²) in [6.07, 6.45) is -2.08. The van der Waals surface area contributed by atoms with E-state index >= 15 is 0 Å². The largest absolute Gasteiger partial charge is 0.496 e. The second kappa shape index (κ2) is 8.20. The third kappa shape index (κ3) is 3.98. The molecule has 7 heteroatoms. The molecule has 0 fully saturated rings. The van der Waals surface area contributed by atoms with Gasteiger partial charge in [-0.3, -0.25) is 9.59 Å². The van der Waals surface area contributed by atoms with E-state index in [1.54, 1.807) is 25.3 Å². The molecule has 0 bridgehead atoms. The van der Waals surface area contributed by atoms with Crippen molar-refractivity contribution in [2.75, 3.05) is 12.4 Å². The molecule has 1 heterocycles. The highest BCUT2D eigenvalue weighted by Gasteiger charge is 2.35. The summed E-state index contributed by atoms with van der Waals surface area (Å²) in [5, 5.41) is 3.25. The van der Waals surface area contributed by atoms with Crippen molar-refractivity contribution in [3.63, 3.8) is 0 Å². The van der Waals surface area contributed by atoms with Crippen molar-refractivity contribution in [2.45, 2.75) is 39.1 Å². The average Bonchev–Trinajstić information content (AvgIpc) is 2.77. The molecule has 0 aromatic heterocycles. The first-order chi connectivity index (χ1) is 13.3. The molecule has 1 aliphatic heterocycles. The lowest BCUT2D eigenvalue weighted by atomic mass is 9.89. The molecular weight excluding hydrogens is 382 g/mol. The fourth-order valence-corrected chi connectivity index (χ4v) is 3.55. The Morgan fingerprint density at radius 2 is 1.96 bits per heavy atom. The van der Waals surface area contributed by atoms with Gasteiger partial charge < -0.3 is 19.5 Å². The number of ether oxygens (including phenoxy) is 3. The zero-order valence-electron chi connectivity index (χ0n) is 16.1. The Hall–Kier alpha value is -2.57. The van der Waals surface area contributed by atoms with E-state index in [-0.39, 0.29) is 5.92 Å². The molecule has 6 nitrogen and oxygen atoms in total. The molecule has 0 saturated carbocycles. The topological polar surface area (TPSA) is 73.9 Å². The van der Waals surface area contributed by atoms with Gasteiger partial charge in [-0.2, -0.15) is 0 Å². The quantitative estimate of drug-likeness (QED) is 0.765. The standard InChI is InChI=1S/C21H22ClNO5/c1-11(2)18-14(6-5-7-17(18)26-4)19-15-10-13(22)8-9-16(15)23-20(25)21(28-19)27-12(3)24/h5-11,19,21H,1-4H3,(H,23,25)/t19-,21+/m1/s1. The van der Waals surface area contributed by atoms with Crippen LogP contribution < -0.4 is 10.1 Å². The molecular formula is C21H22ClNO5. The smallest absolute Gasteiger partial charge is 0.305 e. The minimum absolute atomic E-state index is 0.122. The summed E-state index contributed by atoms with van der Waals surface area (Å²) in [5.74, 6) is -0.336.